The molecule has 1 atom stereocenters. The van der Waals surface area contributed by atoms with E-state index >= 15 is 0 Å². The molecule has 0 fully saturated rings. The van der Waals surface area contributed by atoms with Crippen molar-refractivity contribution in [3.8, 4) is 11.8 Å². The van der Waals surface area contributed by atoms with Crippen molar-refractivity contribution in [2.75, 3.05) is 4.90 Å². The summed E-state index contributed by atoms with van der Waals surface area (Å²) in [4.78, 5) is 15.6. The third kappa shape index (κ3) is 4.22. The minimum absolute atomic E-state index is 0.0194. The first-order valence-corrected chi connectivity index (χ1v) is 12.8. The third-order valence-electron chi connectivity index (χ3n) is 7.08. The first-order chi connectivity index (χ1) is 17.5. The molecule has 0 saturated carbocycles. The number of nitriles is 1. The van der Waals surface area contributed by atoms with Crippen LogP contribution in [0, 0.1) is 30.6 Å². The summed E-state index contributed by atoms with van der Waals surface area (Å²) >= 11 is 13.1. The Morgan fingerprint density at radius 3 is 2.27 bits per heavy atom. The van der Waals surface area contributed by atoms with Crippen LogP contribution in [0.5, 0.6) is 0 Å². The first kappa shape index (κ1) is 25.1. The number of nitrogens with two attached hydrogens (primary N) is 1. The molecule has 1 unspecified atom stereocenters. The summed E-state index contributed by atoms with van der Waals surface area (Å²) in [6, 6.07) is 17.4. The Morgan fingerprint density at radius 1 is 1.03 bits per heavy atom. The van der Waals surface area contributed by atoms with E-state index in [9.17, 15) is 10.1 Å². The summed E-state index contributed by atoms with van der Waals surface area (Å²) < 4.78 is 1.65. The Bertz CT molecular complexity index is 1520. The normalized spacial score (nSPS) is 19.2. The lowest BCUT2D eigenvalue weighted by Gasteiger charge is -2.43. The van der Waals surface area contributed by atoms with Gasteiger partial charge < -0.3 is 5.73 Å². The molecule has 37 heavy (non-hydrogen) atoms. The van der Waals surface area contributed by atoms with Crippen LogP contribution in [0.1, 0.15) is 49.4 Å². The fourth-order valence-electron chi connectivity index (χ4n) is 5.38. The van der Waals surface area contributed by atoms with Crippen molar-refractivity contribution in [2.24, 2.45) is 11.1 Å². The van der Waals surface area contributed by atoms with Gasteiger partial charge in [0.1, 0.15) is 11.0 Å². The van der Waals surface area contributed by atoms with Crippen LogP contribution in [0.2, 0.25) is 10.2 Å². The number of hydrogen-bond donors (Lipinski definition) is 1. The summed E-state index contributed by atoms with van der Waals surface area (Å²) in [7, 11) is 0. The molecule has 0 bridgehead atoms. The van der Waals surface area contributed by atoms with Gasteiger partial charge in [0, 0.05) is 34.0 Å². The molecule has 1 aliphatic heterocycles. The van der Waals surface area contributed by atoms with E-state index in [1.807, 2.05) is 55.1 Å². The van der Waals surface area contributed by atoms with Crippen LogP contribution in [0.4, 0.5) is 5.69 Å². The molecule has 2 aromatic carbocycles. The minimum atomic E-state index is -0.709. The summed E-state index contributed by atoms with van der Waals surface area (Å²) in [5, 5.41) is 16.0. The van der Waals surface area contributed by atoms with Crippen molar-refractivity contribution >= 4 is 34.7 Å². The highest BCUT2D eigenvalue weighted by atomic mass is 35.5. The Morgan fingerprint density at radius 2 is 1.65 bits per heavy atom. The minimum Gasteiger partial charge on any atom is -0.384 e. The molecule has 8 heteroatoms. The molecule has 1 aromatic heterocycles. The van der Waals surface area contributed by atoms with Gasteiger partial charge in [0.2, 0.25) is 0 Å². The Balaban J connectivity index is 1.76. The Kier molecular flexibility index (Phi) is 6.18. The highest BCUT2D eigenvalue weighted by molar-refractivity contribution is 6.31. The van der Waals surface area contributed by atoms with Crippen LogP contribution in [0.3, 0.4) is 0 Å². The van der Waals surface area contributed by atoms with E-state index in [0.717, 1.165) is 22.6 Å². The molecule has 6 nitrogen and oxygen atoms in total. The van der Waals surface area contributed by atoms with Gasteiger partial charge in [-0.3, -0.25) is 9.69 Å². The van der Waals surface area contributed by atoms with Crippen LogP contribution < -0.4 is 10.6 Å². The van der Waals surface area contributed by atoms with E-state index in [2.05, 4.69) is 19.9 Å². The van der Waals surface area contributed by atoms with Crippen LogP contribution in [-0.4, -0.2) is 15.6 Å². The molecule has 188 valence electrons. The van der Waals surface area contributed by atoms with Gasteiger partial charge >= 0.3 is 0 Å². The van der Waals surface area contributed by atoms with E-state index in [0.29, 0.717) is 39.8 Å². The van der Waals surface area contributed by atoms with E-state index < -0.39 is 5.92 Å². The number of hydrogen-bond acceptors (Lipinski definition) is 5. The second kappa shape index (κ2) is 9.09. The van der Waals surface area contributed by atoms with Gasteiger partial charge in [0.15, 0.2) is 5.78 Å². The van der Waals surface area contributed by atoms with Gasteiger partial charge in [0.05, 0.1) is 28.9 Å². The fraction of sp³-hybridized carbons (Fsp3) is 0.276. The van der Waals surface area contributed by atoms with Gasteiger partial charge in [-0.25, -0.2) is 4.68 Å². The number of nitrogens with zero attached hydrogens (tertiary/aromatic N) is 4. The lowest BCUT2D eigenvalue weighted by molar-refractivity contribution is -0.118. The lowest BCUT2D eigenvalue weighted by Crippen LogP contribution is -2.42. The number of carbonyl (C=O) groups is 1. The largest absolute Gasteiger partial charge is 0.384 e. The van der Waals surface area contributed by atoms with Crippen LogP contribution in [-0.2, 0) is 4.79 Å². The third-order valence-corrected chi connectivity index (χ3v) is 7.70. The maximum Gasteiger partial charge on any atom is 0.162 e. The van der Waals surface area contributed by atoms with Crippen molar-refractivity contribution in [3.05, 3.63) is 98.2 Å². The highest BCUT2D eigenvalue weighted by Gasteiger charge is 2.46. The summed E-state index contributed by atoms with van der Waals surface area (Å²) in [5.41, 5.74) is 12.0. The van der Waals surface area contributed by atoms with Crippen LogP contribution in [0.25, 0.3) is 5.69 Å². The van der Waals surface area contributed by atoms with Gasteiger partial charge in [0.25, 0.3) is 0 Å². The summed E-state index contributed by atoms with van der Waals surface area (Å²) in [5.74, 6) is -0.453. The monoisotopic (exact) mass is 531 g/mol. The van der Waals surface area contributed by atoms with Crippen molar-refractivity contribution in [1.29, 1.82) is 5.26 Å². The van der Waals surface area contributed by atoms with E-state index in [1.165, 1.54) is 0 Å². The van der Waals surface area contributed by atoms with Gasteiger partial charge in [-0.05, 0) is 62.1 Å². The molecular weight excluding hydrogens is 505 g/mol. The smallest absolute Gasteiger partial charge is 0.162 e. The van der Waals surface area contributed by atoms with E-state index in [4.69, 9.17) is 34.0 Å². The van der Waals surface area contributed by atoms with Crippen molar-refractivity contribution in [1.82, 2.24) is 9.78 Å². The Hall–Kier alpha value is -3.53. The molecule has 0 saturated heterocycles. The summed E-state index contributed by atoms with van der Waals surface area (Å²) in [6.45, 7) is 7.99. The highest BCUT2D eigenvalue weighted by Crippen LogP contribution is 2.51. The number of carbonyl (C=O) groups excluding carboxylic acids is 1. The number of aromatic nitrogens is 2. The number of ketones is 1. The molecule has 0 amide bonds. The number of benzene rings is 2. The zero-order chi connectivity index (χ0) is 26.6. The first-order valence-electron chi connectivity index (χ1n) is 12.1. The number of rotatable bonds is 3. The molecule has 2 N–H and O–H groups in total. The lowest BCUT2D eigenvalue weighted by atomic mass is 9.68. The quantitative estimate of drug-likeness (QED) is 0.404. The molecule has 0 radical (unpaired) electrons. The molecule has 0 spiro atoms. The standard InChI is InChI=1S/C29H27Cl2N5O/c1-16-5-9-20(10-6-16)36-27(31)24(17(2)34-36)25-21(15-32)28(33)35(19-11-7-18(30)8-12-19)22-13-29(3,4)14-23(37)26(22)25/h5-12,25H,13-14,33H2,1-4H3. The van der Waals surface area contributed by atoms with Crippen molar-refractivity contribution in [3.63, 3.8) is 0 Å². The van der Waals surface area contributed by atoms with Crippen molar-refractivity contribution in [2.45, 2.75) is 46.5 Å². The van der Waals surface area contributed by atoms with E-state index in [1.54, 1.807) is 16.8 Å². The molecule has 2 aliphatic rings. The van der Waals surface area contributed by atoms with Crippen LogP contribution in [0.15, 0.2) is 71.2 Å². The van der Waals surface area contributed by atoms with Gasteiger partial charge in [-0.15, -0.1) is 0 Å². The zero-order valence-corrected chi connectivity index (χ0v) is 22.7. The van der Waals surface area contributed by atoms with Crippen molar-refractivity contribution < 1.29 is 4.79 Å². The van der Waals surface area contributed by atoms with E-state index in [-0.39, 0.29) is 22.6 Å². The summed E-state index contributed by atoms with van der Waals surface area (Å²) in [6.07, 6.45) is 0.966. The molecule has 2 heterocycles. The SMILES string of the molecule is Cc1ccc(-n2nc(C)c(C3C(C#N)=C(N)N(c4ccc(Cl)cc4)C4=C3C(=O)CC(C)(C)C4)c2Cl)cc1. The average Bonchev–Trinajstić information content (AvgIpc) is 3.12. The molecule has 3 aromatic rings. The molecule has 5 rings (SSSR count). The Labute approximate surface area is 226 Å². The number of Topliss-reactive ketones (excluding diaryl/α,β-unsaturated/α-hetero) is 1. The molecule has 1 aliphatic carbocycles. The number of halogens is 2. The predicted octanol–water partition coefficient (Wildman–Crippen LogP) is 6.74. The molecular formula is C29H27Cl2N5O. The maximum atomic E-state index is 13.8. The second-order valence-electron chi connectivity index (χ2n) is 10.5. The van der Waals surface area contributed by atoms with Gasteiger partial charge in [-0.1, -0.05) is 54.7 Å². The predicted molar refractivity (Wildman–Crippen MR) is 147 cm³/mol. The fourth-order valence-corrected chi connectivity index (χ4v) is 5.89. The van der Waals surface area contributed by atoms with Crippen LogP contribution >= 0.6 is 23.2 Å². The number of allylic oxidation sites excluding steroid dienone is 3. The number of aryl methyl sites for hydroxylation is 2. The second-order valence-corrected chi connectivity index (χ2v) is 11.3. The zero-order valence-electron chi connectivity index (χ0n) is 21.1. The topological polar surface area (TPSA) is 87.9 Å². The number of anilines is 1. The van der Waals surface area contributed by atoms with Gasteiger partial charge in [-0.2, -0.15) is 10.4 Å². The average molecular weight is 532 g/mol. The maximum absolute atomic E-state index is 13.8.